The van der Waals surface area contributed by atoms with E-state index >= 15 is 0 Å². The van der Waals surface area contributed by atoms with E-state index in [1.165, 1.54) is 12.1 Å². The maximum absolute atomic E-state index is 13.5. The first-order valence-electron chi connectivity index (χ1n) is 7.19. The van der Waals surface area contributed by atoms with Gasteiger partial charge in [0.1, 0.15) is 18.2 Å². The summed E-state index contributed by atoms with van der Waals surface area (Å²) in [5.74, 6) is -0.114. The molecule has 0 aromatic heterocycles. The smallest absolute Gasteiger partial charge is 0.243 e. The van der Waals surface area contributed by atoms with Gasteiger partial charge in [-0.2, -0.15) is 0 Å². The van der Waals surface area contributed by atoms with E-state index in [4.69, 9.17) is 9.47 Å². The molecule has 6 heteroatoms. The fourth-order valence-corrected chi connectivity index (χ4v) is 1.88. The molecule has 0 radical (unpaired) electrons. The van der Waals surface area contributed by atoms with Crippen LogP contribution < -0.4 is 15.4 Å². The summed E-state index contributed by atoms with van der Waals surface area (Å²) in [6.07, 6.45) is 0. The number of carbonyl (C=O) groups excluding carboxylic acids is 1. The third kappa shape index (κ3) is 5.60. The molecule has 2 aromatic rings. The van der Waals surface area contributed by atoms with Gasteiger partial charge in [0.05, 0.1) is 18.8 Å². The van der Waals surface area contributed by atoms with Gasteiger partial charge in [0, 0.05) is 18.9 Å². The molecule has 122 valence electrons. The molecule has 5 nitrogen and oxygen atoms in total. The van der Waals surface area contributed by atoms with E-state index in [0.717, 1.165) is 5.69 Å². The van der Waals surface area contributed by atoms with Crippen molar-refractivity contribution in [3.05, 3.63) is 54.3 Å². The maximum atomic E-state index is 13.5. The number of rotatable bonds is 8. The molecule has 0 saturated heterocycles. The van der Waals surface area contributed by atoms with E-state index in [2.05, 4.69) is 10.6 Å². The van der Waals surface area contributed by atoms with Crippen LogP contribution in [0.5, 0.6) is 5.75 Å². The van der Waals surface area contributed by atoms with Gasteiger partial charge in [-0.3, -0.25) is 4.79 Å². The Bertz CT molecular complexity index is 649. The van der Waals surface area contributed by atoms with Crippen LogP contribution in [0.15, 0.2) is 48.5 Å². The number of methoxy groups -OCH3 is 1. The van der Waals surface area contributed by atoms with Crippen LogP contribution in [0.25, 0.3) is 0 Å². The van der Waals surface area contributed by atoms with Crippen LogP contribution in [-0.2, 0) is 9.53 Å². The molecule has 0 unspecified atom stereocenters. The van der Waals surface area contributed by atoms with Gasteiger partial charge in [-0.15, -0.1) is 0 Å². The van der Waals surface area contributed by atoms with Crippen LogP contribution >= 0.6 is 0 Å². The average molecular weight is 318 g/mol. The van der Waals surface area contributed by atoms with Crippen LogP contribution in [0.3, 0.4) is 0 Å². The minimum atomic E-state index is -0.464. The van der Waals surface area contributed by atoms with E-state index < -0.39 is 5.82 Å². The molecule has 1 amide bonds. The Balaban J connectivity index is 1.84. The summed E-state index contributed by atoms with van der Waals surface area (Å²) in [6.45, 7) is 0.978. The normalized spacial score (nSPS) is 10.2. The predicted octanol–water partition coefficient (Wildman–Crippen LogP) is 2.90. The molecule has 0 fully saturated rings. The number of nitrogens with one attached hydrogen (secondary N) is 2. The average Bonchev–Trinajstić information content (AvgIpc) is 2.56. The summed E-state index contributed by atoms with van der Waals surface area (Å²) >= 11 is 0. The molecule has 0 spiro atoms. The zero-order valence-electron chi connectivity index (χ0n) is 12.8. The van der Waals surface area contributed by atoms with Crippen molar-refractivity contribution in [1.29, 1.82) is 0 Å². The SMILES string of the molecule is COCCOc1cccc(NCC(=O)Nc2ccccc2F)c1. The van der Waals surface area contributed by atoms with Gasteiger partial charge in [-0.05, 0) is 24.3 Å². The molecule has 0 bridgehead atoms. The minimum Gasteiger partial charge on any atom is -0.491 e. The highest BCUT2D eigenvalue weighted by atomic mass is 19.1. The first-order chi connectivity index (χ1) is 11.2. The Hall–Kier alpha value is -2.60. The van der Waals surface area contributed by atoms with Crippen molar-refractivity contribution in [2.45, 2.75) is 0 Å². The molecule has 2 N–H and O–H groups in total. The minimum absolute atomic E-state index is 0.0237. The number of hydrogen-bond acceptors (Lipinski definition) is 4. The molecule has 0 atom stereocenters. The highest BCUT2D eigenvalue weighted by Crippen LogP contribution is 2.17. The van der Waals surface area contributed by atoms with E-state index in [-0.39, 0.29) is 18.1 Å². The van der Waals surface area contributed by atoms with Crippen molar-refractivity contribution < 1.29 is 18.7 Å². The molecule has 2 rings (SSSR count). The van der Waals surface area contributed by atoms with Gasteiger partial charge in [-0.25, -0.2) is 4.39 Å². The van der Waals surface area contributed by atoms with E-state index in [1.807, 2.05) is 18.2 Å². The lowest BCUT2D eigenvalue weighted by atomic mass is 10.3. The van der Waals surface area contributed by atoms with Gasteiger partial charge >= 0.3 is 0 Å². The molecule has 0 saturated carbocycles. The van der Waals surface area contributed by atoms with E-state index in [1.54, 1.807) is 25.3 Å². The van der Waals surface area contributed by atoms with Crippen LogP contribution in [0.2, 0.25) is 0 Å². The number of halogens is 1. The number of carbonyl (C=O) groups is 1. The highest BCUT2D eigenvalue weighted by molar-refractivity contribution is 5.93. The van der Waals surface area contributed by atoms with Gasteiger partial charge < -0.3 is 20.1 Å². The third-order valence-electron chi connectivity index (χ3n) is 2.99. The molecule has 0 aliphatic rings. The number of anilines is 2. The molecule has 0 aliphatic carbocycles. The van der Waals surface area contributed by atoms with Gasteiger partial charge in [0.15, 0.2) is 0 Å². The van der Waals surface area contributed by atoms with E-state index in [0.29, 0.717) is 19.0 Å². The van der Waals surface area contributed by atoms with E-state index in [9.17, 15) is 9.18 Å². The summed E-state index contributed by atoms with van der Waals surface area (Å²) < 4.78 is 23.9. The van der Waals surface area contributed by atoms with Crippen molar-refractivity contribution >= 4 is 17.3 Å². The van der Waals surface area contributed by atoms with Gasteiger partial charge in [0.25, 0.3) is 0 Å². The summed E-state index contributed by atoms with van der Waals surface area (Å²) in [6, 6.07) is 13.3. The molecule has 23 heavy (non-hydrogen) atoms. The zero-order valence-corrected chi connectivity index (χ0v) is 12.8. The summed E-state index contributed by atoms with van der Waals surface area (Å²) in [5, 5.41) is 5.48. The number of hydrogen-bond donors (Lipinski definition) is 2. The van der Waals surface area contributed by atoms with Crippen molar-refractivity contribution in [2.75, 3.05) is 37.5 Å². The number of para-hydroxylation sites is 1. The largest absolute Gasteiger partial charge is 0.491 e. The van der Waals surface area contributed by atoms with Gasteiger partial charge in [-0.1, -0.05) is 18.2 Å². The molecule has 0 heterocycles. The highest BCUT2D eigenvalue weighted by Gasteiger charge is 2.06. The standard InChI is InChI=1S/C17H19FN2O3/c1-22-9-10-23-14-6-4-5-13(11-14)19-12-17(21)20-16-8-3-2-7-15(16)18/h2-8,11,19H,9-10,12H2,1H3,(H,20,21). The van der Waals surface area contributed by atoms with Crippen LogP contribution in [0, 0.1) is 5.82 Å². The van der Waals surface area contributed by atoms with Gasteiger partial charge in [0.2, 0.25) is 5.91 Å². The van der Waals surface area contributed by atoms with Crippen molar-refractivity contribution in [3.8, 4) is 5.75 Å². The first kappa shape index (κ1) is 16.8. The molecule has 0 aliphatic heterocycles. The van der Waals surface area contributed by atoms with Crippen LogP contribution in [0.4, 0.5) is 15.8 Å². The summed E-state index contributed by atoms with van der Waals surface area (Å²) in [5.41, 5.74) is 0.902. The number of amides is 1. The number of ether oxygens (including phenoxy) is 2. The monoisotopic (exact) mass is 318 g/mol. The zero-order chi connectivity index (χ0) is 16.5. The Morgan fingerprint density at radius 3 is 2.74 bits per heavy atom. The molecular formula is C17H19FN2O3. The van der Waals surface area contributed by atoms with Crippen LogP contribution in [-0.4, -0.2) is 32.8 Å². The molecule has 2 aromatic carbocycles. The van der Waals surface area contributed by atoms with Crippen molar-refractivity contribution in [3.63, 3.8) is 0 Å². The lowest BCUT2D eigenvalue weighted by Gasteiger charge is -2.10. The lowest BCUT2D eigenvalue weighted by Crippen LogP contribution is -2.22. The fraction of sp³-hybridized carbons (Fsp3) is 0.235. The third-order valence-corrected chi connectivity index (χ3v) is 2.99. The second kappa shape index (κ2) is 8.75. The Labute approximate surface area is 134 Å². The second-order valence-corrected chi connectivity index (χ2v) is 4.75. The topological polar surface area (TPSA) is 59.6 Å². The summed E-state index contributed by atoms with van der Waals surface area (Å²) in [7, 11) is 1.61. The fourth-order valence-electron chi connectivity index (χ4n) is 1.88. The Morgan fingerprint density at radius 2 is 1.96 bits per heavy atom. The quantitative estimate of drug-likeness (QED) is 0.735. The maximum Gasteiger partial charge on any atom is 0.243 e. The first-order valence-corrected chi connectivity index (χ1v) is 7.19. The second-order valence-electron chi connectivity index (χ2n) is 4.75. The van der Waals surface area contributed by atoms with Crippen LogP contribution in [0.1, 0.15) is 0 Å². The summed E-state index contributed by atoms with van der Waals surface area (Å²) in [4.78, 5) is 11.8. The van der Waals surface area contributed by atoms with Crippen molar-refractivity contribution in [1.82, 2.24) is 0 Å². The van der Waals surface area contributed by atoms with Crippen molar-refractivity contribution in [2.24, 2.45) is 0 Å². The Kier molecular flexibility index (Phi) is 6.38. The predicted molar refractivity (Wildman–Crippen MR) is 87.3 cm³/mol. The number of benzene rings is 2. The molecular weight excluding hydrogens is 299 g/mol. The Morgan fingerprint density at radius 1 is 1.13 bits per heavy atom. The lowest BCUT2D eigenvalue weighted by molar-refractivity contribution is -0.114.